The Hall–Kier alpha value is -2.96. The molecule has 3 N–H and O–H groups in total. The van der Waals surface area contributed by atoms with Crippen molar-refractivity contribution in [3.05, 3.63) is 60.2 Å². The van der Waals surface area contributed by atoms with E-state index in [0.29, 0.717) is 38.4 Å². The molecule has 12 heteroatoms. The Kier molecular flexibility index (Phi) is 6.29. The van der Waals surface area contributed by atoms with Gasteiger partial charge in [-0.05, 0) is 49.6 Å². The molecule has 0 aliphatic carbocycles. The predicted molar refractivity (Wildman–Crippen MR) is 135 cm³/mol. The summed E-state index contributed by atoms with van der Waals surface area (Å²) in [6, 6.07) is 14.1. The van der Waals surface area contributed by atoms with Gasteiger partial charge in [0, 0.05) is 31.7 Å². The van der Waals surface area contributed by atoms with Gasteiger partial charge in [0.05, 0.1) is 27.1 Å². The summed E-state index contributed by atoms with van der Waals surface area (Å²) in [6.07, 6.45) is 1.62. The zero-order valence-corrected chi connectivity index (χ0v) is 21.3. The fourth-order valence-corrected chi connectivity index (χ4v) is 8.46. The van der Waals surface area contributed by atoms with Crippen LogP contribution in [0, 0.1) is 0 Å². The average molecular weight is 532 g/mol. The van der Waals surface area contributed by atoms with Crippen molar-refractivity contribution in [2.75, 3.05) is 32.7 Å². The van der Waals surface area contributed by atoms with Crippen LogP contribution in [0.25, 0.3) is 0 Å². The summed E-state index contributed by atoms with van der Waals surface area (Å²) >= 11 is 0. The van der Waals surface area contributed by atoms with Crippen LogP contribution in [0.3, 0.4) is 0 Å². The van der Waals surface area contributed by atoms with Crippen LogP contribution in [0.1, 0.15) is 29.6 Å². The van der Waals surface area contributed by atoms with Gasteiger partial charge >= 0.3 is 0 Å². The Balaban J connectivity index is 1.28. The second kappa shape index (κ2) is 9.16. The number of sulfonamides is 1. The van der Waals surface area contributed by atoms with Crippen molar-refractivity contribution in [2.24, 2.45) is 10.7 Å². The molecule has 3 aliphatic rings. The normalized spacial score (nSPS) is 22.4. The molecule has 3 aliphatic heterocycles. The maximum Gasteiger partial charge on any atom is 0.253 e. The maximum absolute atomic E-state index is 13.4. The summed E-state index contributed by atoms with van der Waals surface area (Å²) < 4.78 is 53.9. The number of hydrogen-bond donors (Lipinski definition) is 2. The zero-order chi connectivity index (χ0) is 25.6. The van der Waals surface area contributed by atoms with E-state index in [0.717, 1.165) is 0 Å². The zero-order valence-electron chi connectivity index (χ0n) is 19.7. The molecule has 3 heterocycles. The van der Waals surface area contributed by atoms with E-state index < -0.39 is 25.1 Å². The smallest absolute Gasteiger partial charge is 0.253 e. The molecular weight excluding hydrogens is 502 g/mol. The van der Waals surface area contributed by atoms with E-state index in [4.69, 9.17) is 5.73 Å². The van der Waals surface area contributed by atoms with Crippen molar-refractivity contribution >= 4 is 31.7 Å². The molecule has 36 heavy (non-hydrogen) atoms. The molecule has 0 bridgehead atoms. The molecule has 0 aromatic heterocycles. The summed E-state index contributed by atoms with van der Waals surface area (Å²) in [4.78, 5) is 19.3. The number of hydrogen-bond acceptors (Lipinski definition) is 8. The topological polar surface area (TPSA) is 142 Å². The van der Waals surface area contributed by atoms with Gasteiger partial charge in [0.25, 0.3) is 5.91 Å². The molecular formula is C24H29N5O5S2. The molecule has 2 aromatic rings. The third-order valence-corrected chi connectivity index (χ3v) is 11.3. The molecule has 5 rings (SSSR count). The second-order valence-corrected chi connectivity index (χ2v) is 13.7. The van der Waals surface area contributed by atoms with Crippen LogP contribution >= 0.6 is 0 Å². The van der Waals surface area contributed by atoms with Crippen molar-refractivity contribution in [3.8, 4) is 0 Å². The van der Waals surface area contributed by atoms with Gasteiger partial charge in [0.1, 0.15) is 0 Å². The van der Waals surface area contributed by atoms with Crippen LogP contribution in [0.15, 0.2) is 69.4 Å². The van der Waals surface area contributed by atoms with E-state index in [2.05, 4.69) is 10.3 Å². The molecule has 2 fully saturated rings. The number of aliphatic imine (C=N–C) groups is 1. The lowest BCUT2D eigenvalue weighted by atomic mass is 9.88. The number of guanidine groups is 1. The number of amides is 1. The highest BCUT2D eigenvalue weighted by Crippen LogP contribution is 2.30. The van der Waals surface area contributed by atoms with E-state index in [1.165, 1.54) is 28.6 Å². The molecule has 1 atom stereocenters. The summed E-state index contributed by atoms with van der Waals surface area (Å²) in [5.74, 6) is 0.188. The van der Waals surface area contributed by atoms with E-state index in [1.54, 1.807) is 35.2 Å². The predicted octanol–water partition coefficient (Wildman–Crippen LogP) is 0.816. The standard InChI is InChI=1S/C24H29N5O5S2/c25-23-26-17-24(27-23)10-13-28(14-11-24)22(30)18-5-4-8-20(15-18)36(33,34)29-12-9-21(16-29)35(31,32)19-6-2-1-3-7-19/h1-8,15,21H,9-14,16-17H2,(H3,25,26,27). The minimum Gasteiger partial charge on any atom is -0.370 e. The van der Waals surface area contributed by atoms with Gasteiger partial charge in [-0.2, -0.15) is 4.31 Å². The molecule has 2 aromatic carbocycles. The van der Waals surface area contributed by atoms with Crippen molar-refractivity contribution in [3.63, 3.8) is 0 Å². The van der Waals surface area contributed by atoms with Crippen LogP contribution in [0.2, 0.25) is 0 Å². The lowest BCUT2D eigenvalue weighted by Crippen LogP contribution is -2.55. The van der Waals surface area contributed by atoms with Gasteiger partial charge in [-0.15, -0.1) is 0 Å². The molecule has 10 nitrogen and oxygen atoms in total. The van der Waals surface area contributed by atoms with E-state index in [9.17, 15) is 21.6 Å². The fourth-order valence-electron chi connectivity index (χ4n) is 5.10. The first kappa shape index (κ1) is 24.7. The molecule has 1 spiro atoms. The summed E-state index contributed by atoms with van der Waals surface area (Å²) in [5, 5.41) is 2.40. The molecule has 1 unspecified atom stereocenters. The van der Waals surface area contributed by atoms with Gasteiger partial charge < -0.3 is 16.0 Å². The van der Waals surface area contributed by atoms with Crippen molar-refractivity contribution in [1.82, 2.24) is 14.5 Å². The number of carbonyl (C=O) groups is 1. The highest BCUT2D eigenvalue weighted by Gasteiger charge is 2.41. The average Bonchev–Trinajstić information content (AvgIpc) is 3.53. The number of nitrogens with two attached hydrogens (primary N) is 1. The van der Waals surface area contributed by atoms with E-state index in [-0.39, 0.29) is 46.3 Å². The van der Waals surface area contributed by atoms with Crippen LogP contribution in [0.5, 0.6) is 0 Å². The Morgan fingerprint density at radius 1 is 0.972 bits per heavy atom. The highest BCUT2D eigenvalue weighted by molar-refractivity contribution is 7.92. The number of sulfone groups is 1. The first-order valence-corrected chi connectivity index (χ1v) is 14.9. The van der Waals surface area contributed by atoms with Crippen molar-refractivity contribution < 1.29 is 21.6 Å². The van der Waals surface area contributed by atoms with E-state index >= 15 is 0 Å². The molecule has 2 saturated heterocycles. The Labute approximate surface area is 211 Å². The number of carbonyl (C=O) groups excluding carboxylic acids is 1. The monoisotopic (exact) mass is 531 g/mol. The highest BCUT2D eigenvalue weighted by atomic mass is 32.2. The molecule has 0 radical (unpaired) electrons. The summed E-state index contributed by atoms with van der Waals surface area (Å²) in [7, 11) is -7.62. The fraction of sp³-hybridized carbons (Fsp3) is 0.417. The quantitative estimate of drug-likeness (QED) is 0.582. The van der Waals surface area contributed by atoms with Gasteiger partial charge in [-0.3, -0.25) is 9.79 Å². The Bertz CT molecular complexity index is 1400. The van der Waals surface area contributed by atoms with Crippen LogP contribution in [0.4, 0.5) is 0 Å². The van der Waals surface area contributed by atoms with Crippen molar-refractivity contribution in [2.45, 2.75) is 39.8 Å². The summed E-state index contributed by atoms with van der Waals surface area (Å²) in [5.41, 5.74) is 5.84. The SMILES string of the molecule is NC1=NCC2(CCN(C(=O)c3cccc(S(=O)(=O)N4CCC(S(=O)(=O)c5ccccc5)C4)c3)CC2)N1. The van der Waals surface area contributed by atoms with Gasteiger partial charge in [-0.1, -0.05) is 24.3 Å². The lowest BCUT2D eigenvalue weighted by Gasteiger charge is -2.39. The number of rotatable bonds is 5. The first-order valence-electron chi connectivity index (χ1n) is 11.9. The lowest BCUT2D eigenvalue weighted by molar-refractivity contribution is 0.0668. The Morgan fingerprint density at radius 3 is 2.33 bits per heavy atom. The first-order chi connectivity index (χ1) is 17.1. The number of likely N-dealkylation sites (tertiary alicyclic amines) is 1. The maximum atomic E-state index is 13.4. The van der Waals surface area contributed by atoms with Gasteiger partial charge in [0.2, 0.25) is 10.0 Å². The van der Waals surface area contributed by atoms with Gasteiger partial charge in [0.15, 0.2) is 15.8 Å². The van der Waals surface area contributed by atoms with E-state index in [1.807, 2.05) is 0 Å². The van der Waals surface area contributed by atoms with Crippen LogP contribution < -0.4 is 11.1 Å². The van der Waals surface area contributed by atoms with Crippen LogP contribution in [-0.4, -0.2) is 81.4 Å². The van der Waals surface area contributed by atoms with Crippen LogP contribution in [-0.2, 0) is 19.9 Å². The number of nitrogens with zero attached hydrogens (tertiary/aromatic N) is 3. The second-order valence-electron chi connectivity index (χ2n) is 9.56. The number of benzene rings is 2. The van der Waals surface area contributed by atoms with Gasteiger partial charge in [-0.25, -0.2) is 16.8 Å². The largest absolute Gasteiger partial charge is 0.370 e. The molecule has 192 valence electrons. The minimum atomic E-state index is -3.97. The number of nitrogens with one attached hydrogen (secondary N) is 1. The molecule has 1 amide bonds. The Morgan fingerprint density at radius 2 is 1.67 bits per heavy atom. The number of piperidine rings is 1. The van der Waals surface area contributed by atoms with Crippen molar-refractivity contribution in [1.29, 1.82) is 0 Å². The third kappa shape index (κ3) is 4.48. The molecule has 0 saturated carbocycles. The third-order valence-electron chi connectivity index (χ3n) is 7.29. The summed E-state index contributed by atoms with van der Waals surface area (Å²) in [6.45, 7) is 1.59. The minimum absolute atomic E-state index is 0.0155.